The van der Waals surface area contributed by atoms with Crippen molar-refractivity contribution in [2.75, 3.05) is 33.2 Å². The van der Waals surface area contributed by atoms with Crippen molar-refractivity contribution >= 4 is 21.6 Å². The van der Waals surface area contributed by atoms with Crippen LogP contribution in [-0.2, 0) is 6.54 Å². The summed E-state index contributed by atoms with van der Waals surface area (Å²) in [5.74, 6) is 0. The fraction of sp³-hybridized carbons (Fsp3) is 0.333. The first kappa shape index (κ1) is 14.8. The first-order valence-electron chi connectivity index (χ1n) is 7.90. The number of piperazine rings is 1. The van der Waals surface area contributed by atoms with Gasteiger partial charge in [-0.1, -0.05) is 24.3 Å². The molecule has 0 bridgehead atoms. The molecule has 0 amide bonds. The van der Waals surface area contributed by atoms with Gasteiger partial charge in [0.05, 0.1) is 10.2 Å². The van der Waals surface area contributed by atoms with Crippen LogP contribution in [0.25, 0.3) is 20.7 Å². The summed E-state index contributed by atoms with van der Waals surface area (Å²) in [6.45, 7) is 5.68. The zero-order valence-electron chi connectivity index (χ0n) is 13.2. The highest BCUT2D eigenvalue weighted by Crippen LogP contribution is 2.31. The van der Waals surface area contributed by atoms with Gasteiger partial charge in [-0.25, -0.2) is 9.97 Å². The molecule has 1 fully saturated rings. The Morgan fingerprint density at radius 1 is 1.13 bits per heavy atom. The Kier molecular flexibility index (Phi) is 4.08. The summed E-state index contributed by atoms with van der Waals surface area (Å²) < 4.78 is 1.02. The van der Waals surface area contributed by atoms with Gasteiger partial charge in [-0.3, -0.25) is 4.90 Å². The average molecular weight is 323 g/mol. The van der Waals surface area contributed by atoms with Crippen LogP contribution < -0.4 is 0 Å². The molecule has 5 heteroatoms. The van der Waals surface area contributed by atoms with Gasteiger partial charge in [0.25, 0.3) is 0 Å². The van der Waals surface area contributed by atoms with Crippen LogP contribution >= 0.6 is 11.3 Å². The Labute approximate surface area is 140 Å². The van der Waals surface area contributed by atoms with Gasteiger partial charge >= 0.3 is 0 Å². The average Bonchev–Trinajstić information content (AvgIpc) is 3.02. The first-order valence-corrected chi connectivity index (χ1v) is 8.72. The van der Waals surface area contributed by atoms with Gasteiger partial charge in [-0.05, 0) is 24.2 Å². The van der Waals surface area contributed by atoms with Gasteiger partial charge in [-0.2, -0.15) is 0 Å². The monoisotopic (exact) mass is 323 g/mol. The maximum absolute atomic E-state index is 4.29. The number of hydrogen-bond donors (Lipinski definition) is 0. The van der Waals surface area contributed by atoms with E-state index in [2.05, 4.69) is 63.3 Å². The summed E-state index contributed by atoms with van der Waals surface area (Å²) in [5, 5.41) is 0. The Morgan fingerprint density at radius 3 is 2.65 bits per heavy atom. The number of rotatable bonds is 3. The van der Waals surface area contributed by atoms with Crippen LogP contribution in [0.4, 0.5) is 0 Å². The lowest BCUT2D eigenvalue weighted by atomic mass is 10.1. The molecular weight excluding hydrogens is 304 g/mol. The topological polar surface area (TPSA) is 32.3 Å². The summed E-state index contributed by atoms with van der Waals surface area (Å²) in [7, 11) is 2.19. The second-order valence-electron chi connectivity index (χ2n) is 6.09. The molecule has 1 radical (unpaired) electrons. The fourth-order valence-electron chi connectivity index (χ4n) is 2.92. The van der Waals surface area contributed by atoms with E-state index in [0.717, 1.165) is 42.9 Å². The summed E-state index contributed by atoms with van der Waals surface area (Å²) in [6, 6.07) is 11.0. The normalized spacial score (nSPS) is 16.9. The fourth-order valence-corrected chi connectivity index (χ4v) is 3.88. The molecule has 0 atom stereocenters. The van der Waals surface area contributed by atoms with E-state index < -0.39 is 0 Å². The molecule has 4 nitrogen and oxygen atoms in total. The zero-order valence-corrected chi connectivity index (χ0v) is 14.0. The van der Waals surface area contributed by atoms with Crippen LogP contribution in [0.5, 0.6) is 0 Å². The van der Waals surface area contributed by atoms with Crippen molar-refractivity contribution in [3.8, 4) is 10.4 Å². The highest BCUT2D eigenvalue weighted by molar-refractivity contribution is 7.22. The molecule has 2 aromatic heterocycles. The second-order valence-corrected chi connectivity index (χ2v) is 7.14. The van der Waals surface area contributed by atoms with Crippen molar-refractivity contribution in [2.24, 2.45) is 0 Å². The molecule has 1 saturated heterocycles. The van der Waals surface area contributed by atoms with E-state index in [0.29, 0.717) is 0 Å². The van der Waals surface area contributed by atoms with Crippen molar-refractivity contribution in [1.82, 2.24) is 19.8 Å². The number of hydrogen-bond acceptors (Lipinski definition) is 5. The van der Waals surface area contributed by atoms with Gasteiger partial charge in [0, 0.05) is 37.6 Å². The molecule has 23 heavy (non-hydrogen) atoms. The number of nitrogens with zero attached hydrogens (tertiary/aromatic N) is 4. The first-order chi connectivity index (χ1) is 11.3. The molecule has 0 unspecified atom stereocenters. The smallest absolute Gasteiger partial charge is 0.116 e. The summed E-state index contributed by atoms with van der Waals surface area (Å²) >= 11 is 1.70. The zero-order chi connectivity index (χ0) is 15.6. The van der Waals surface area contributed by atoms with E-state index >= 15 is 0 Å². The largest absolute Gasteiger partial charge is 0.304 e. The van der Waals surface area contributed by atoms with Crippen molar-refractivity contribution < 1.29 is 0 Å². The molecule has 0 aliphatic carbocycles. The van der Waals surface area contributed by atoms with Crippen LogP contribution in [0.15, 0.2) is 36.7 Å². The van der Waals surface area contributed by atoms with Gasteiger partial charge in [0.15, 0.2) is 0 Å². The van der Waals surface area contributed by atoms with E-state index in [9.17, 15) is 0 Å². The molecule has 4 rings (SSSR count). The predicted octanol–water partition coefficient (Wildman–Crippen LogP) is 2.91. The number of benzene rings is 1. The third-order valence-corrected chi connectivity index (χ3v) is 5.45. The maximum atomic E-state index is 4.29. The van der Waals surface area contributed by atoms with E-state index in [1.807, 2.05) is 0 Å². The van der Waals surface area contributed by atoms with E-state index in [-0.39, 0.29) is 0 Å². The lowest BCUT2D eigenvalue weighted by Gasteiger charge is -2.32. The van der Waals surface area contributed by atoms with E-state index in [4.69, 9.17) is 0 Å². The van der Waals surface area contributed by atoms with Gasteiger partial charge in [0.1, 0.15) is 12.5 Å². The van der Waals surface area contributed by atoms with Crippen molar-refractivity contribution in [2.45, 2.75) is 6.54 Å². The summed E-state index contributed by atoms with van der Waals surface area (Å²) in [4.78, 5) is 14.4. The molecule has 3 heterocycles. The lowest BCUT2D eigenvalue weighted by Crippen LogP contribution is -2.43. The lowest BCUT2D eigenvalue weighted by molar-refractivity contribution is 0.148. The van der Waals surface area contributed by atoms with Crippen LogP contribution in [0.2, 0.25) is 0 Å². The minimum Gasteiger partial charge on any atom is -0.304 e. The van der Waals surface area contributed by atoms with Crippen molar-refractivity contribution in [3.05, 3.63) is 48.4 Å². The van der Waals surface area contributed by atoms with Crippen molar-refractivity contribution in [1.29, 1.82) is 0 Å². The Hall–Kier alpha value is -1.82. The molecule has 117 valence electrons. The minimum atomic E-state index is 0.974. The SMILES string of the molecule is CN1CCN(Cc2ccc(-c3cc4ncn[c]c4s3)cc2)CC1. The van der Waals surface area contributed by atoms with Crippen molar-refractivity contribution in [3.63, 3.8) is 0 Å². The molecule has 1 aliphatic heterocycles. The Morgan fingerprint density at radius 2 is 1.91 bits per heavy atom. The number of likely N-dealkylation sites (N-methyl/N-ethyl adjacent to an activating group) is 1. The highest BCUT2D eigenvalue weighted by atomic mass is 32.1. The Balaban J connectivity index is 1.49. The summed E-state index contributed by atoms with van der Waals surface area (Å²) in [5.41, 5.74) is 3.59. The summed E-state index contributed by atoms with van der Waals surface area (Å²) in [6.07, 6.45) is 4.56. The second kappa shape index (κ2) is 6.35. The van der Waals surface area contributed by atoms with Crippen LogP contribution in [0.1, 0.15) is 5.56 Å². The Bertz CT molecular complexity index is 755. The molecule has 0 N–H and O–H groups in total. The standard InChI is InChI=1S/C18H19N4S/c1-21-6-8-22(9-7-21)12-14-2-4-15(5-3-14)17-10-16-18(23-17)11-19-13-20-16/h2-5,10,13H,6-9,12H2,1H3. The number of fused-ring (bicyclic) bond motifs is 1. The molecule has 1 aromatic carbocycles. The third-order valence-electron chi connectivity index (χ3n) is 4.37. The number of aromatic nitrogens is 2. The van der Waals surface area contributed by atoms with Crippen LogP contribution in [0, 0.1) is 6.20 Å². The third kappa shape index (κ3) is 3.27. The number of thiophene rings is 1. The van der Waals surface area contributed by atoms with E-state index in [1.165, 1.54) is 16.0 Å². The maximum Gasteiger partial charge on any atom is 0.116 e. The van der Waals surface area contributed by atoms with Crippen LogP contribution in [-0.4, -0.2) is 53.0 Å². The molecule has 0 saturated carbocycles. The molecule has 1 aliphatic rings. The molecule has 0 spiro atoms. The van der Waals surface area contributed by atoms with Gasteiger partial charge < -0.3 is 4.90 Å². The van der Waals surface area contributed by atoms with Gasteiger partial charge in [0.2, 0.25) is 0 Å². The molecule has 3 aromatic rings. The van der Waals surface area contributed by atoms with Gasteiger partial charge in [-0.15, -0.1) is 11.3 Å². The minimum absolute atomic E-state index is 0.974. The van der Waals surface area contributed by atoms with E-state index in [1.54, 1.807) is 17.7 Å². The molecular formula is C18H19N4S. The predicted molar refractivity (Wildman–Crippen MR) is 94.5 cm³/mol. The highest BCUT2D eigenvalue weighted by Gasteiger charge is 2.14. The van der Waals surface area contributed by atoms with Crippen LogP contribution in [0.3, 0.4) is 0 Å². The quantitative estimate of drug-likeness (QED) is 0.742.